The summed E-state index contributed by atoms with van der Waals surface area (Å²) in [5, 5.41) is 19.9. The number of amides is 1. The van der Waals surface area contributed by atoms with Crippen molar-refractivity contribution in [1.82, 2.24) is 14.5 Å². The van der Waals surface area contributed by atoms with E-state index in [0.717, 1.165) is 24.2 Å². The van der Waals surface area contributed by atoms with Gasteiger partial charge in [0.15, 0.2) is 0 Å². The molecule has 2 heterocycles. The van der Waals surface area contributed by atoms with Gasteiger partial charge in [-0.05, 0) is 18.8 Å². The molecule has 20 heavy (non-hydrogen) atoms. The van der Waals surface area contributed by atoms with Crippen molar-refractivity contribution < 1.29 is 18.3 Å². The summed E-state index contributed by atoms with van der Waals surface area (Å²) < 4.78 is 25.5. The normalized spacial score (nSPS) is 22.3. The Morgan fingerprint density at radius 2 is 2.10 bits per heavy atom. The topological polar surface area (TPSA) is 112 Å². The molecule has 2 aliphatic rings. The van der Waals surface area contributed by atoms with Crippen LogP contribution in [0.5, 0.6) is 0 Å². The van der Waals surface area contributed by atoms with E-state index in [1.165, 1.54) is 11.2 Å². The van der Waals surface area contributed by atoms with Crippen molar-refractivity contribution in [2.24, 2.45) is 5.92 Å². The van der Waals surface area contributed by atoms with E-state index in [4.69, 9.17) is 0 Å². The molecule has 8 nitrogen and oxygen atoms in total. The molecular formula is C10H14N4O4S2. The zero-order valence-electron chi connectivity index (χ0n) is 10.7. The van der Waals surface area contributed by atoms with Gasteiger partial charge in [-0.25, -0.2) is 8.42 Å². The highest BCUT2D eigenvalue weighted by Crippen LogP contribution is 2.46. The Morgan fingerprint density at radius 1 is 1.45 bits per heavy atom. The molecule has 1 aliphatic carbocycles. The lowest BCUT2D eigenvalue weighted by molar-refractivity contribution is -0.114. The van der Waals surface area contributed by atoms with Crippen molar-refractivity contribution in [2.75, 3.05) is 18.4 Å². The molecule has 0 spiro atoms. The van der Waals surface area contributed by atoms with Crippen molar-refractivity contribution in [2.45, 2.75) is 29.7 Å². The van der Waals surface area contributed by atoms with Gasteiger partial charge in [0.2, 0.25) is 15.4 Å². The van der Waals surface area contributed by atoms with Crippen LogP contribution in [0.4, 0.5) is 5.13 Å². The molecule has 3 rings (SSSR count). The van der Waals surface area contributed by atoms with Crippen LogP contribution >= 0.6 is 11.3 Å². The van der Waals surface area contributed by atoms with E-state index in [2.05, 4.69) is 15.5 Å². The molecule has 2 N–H and O–H groups in total. The Balaban J connectivity index is 1.72. The molecule has 10 heteroatoms. The van der Waals surface area contributed by atoms with Gasteiger partial charge in [0.1, 0.15) is 0 Å². The van der Waals surface area contributed by atoms with Crippen LogP contribution in [0.2, 0.25) is 0 Å². The summed E-state index contributed by atoms with van der Waals surface area (Å²) in [7, 11) is -3.73. The fourth-order valence-electron chi connectivity index (χ4n) is 2.24. The van der Waals surface area contributed by atoms with Crippen LogP contribution in [0.3, 0.4) is 0 Å². The number of carbonyl (C=O) groups excluding carboxylic acids is 1. The number of hydrogen-bond acceptors (Lipinski definition) is 7. The van der Waals surface area contributed by atoms with Gasteiger partial charge in [-0.15, -0.1) is 10.2 Å². The third-order valence-corrected chi connectivity index (χ3v) is 6.46. The fourth-order valence-corrected chi connectivity index (χ4v) is 4.89. The van der Waals surface area contributed by atoms with E-state index in [1.807, 2.05) is 0 Å². The number of rotatable bonds is 4. The van der Waals surface area contributed by atoms with Gasteiger partial charge < -0.3 is 10.4 Å². The monoisotopic (exact) mass is 318 g/mol. The Bertz CT molecular complexity index is 646. The summed E-state index contributed by atoms with van der Waals surface area (Å²) in [6.07, 6.45) is 1.91. The fraction of sp³-hybridized carbons (Fsp3) is 0.700. The molecule has 0 bridgehead atoms. The number of β-amino-alcohol motifs (C(OH)–C–C–N with tert-alkyl or cyclic N) is 1. The summed E-state index contributed by atoms with van der Waals surface area (Å²) in [4.78, 5) is 10.9. The zero-order chi connectivity index (χ0) is 14.5. The molecule has 0 unspecified atom stereocenters. The predicted molar refractivity (Wildman–Crippen MR) is 70.6 cm³/mol. The number of hydrogen-bond donors (Lipinski definition) is 2. The van der Waals surface area contributed by atoms with Crippen molar-refractivity contribution in [3.05, 3.63) is 0 Å². The van der Waals surface area contributed by atoms with Crippen LogP contribution in [0.1, 0.15) is 19.8 Å². The van der Waals surface area contributed by atoms with E-state index >= 15 is 0 Å². The minimum Gasteiger partial charge on any atom is -0.387 e. The zero-order valence-corrected chi connectivity index (χ0v) is 12.4. The average molecular weight is 318 g/mol. The molecular weight excluding hydrogens is 304 g/mol. The Morgan fingerprint density at radius 3 is 2.65 bits per heavy atom. The Kier molecular flexibility index (Phi) is 3.08. The first kappa shape index (κ1) is 13.9. The van der Waals surface area contributed by atoms with E-state index in [1.54, 1.807) is 0 Å². The standard InChI is InChI=1S/C10H14N4O4S2/c1-6(15)11-8-12-13-9(19-8)20(17,18)14-4-10(16,5-14)7-2-3-7/h7,16H,2-5H2,1H3,(H,11,12,15). The van der Waals surface area contributed by atoms with E-state index in [-0.39, 0.29) is 34.4 Å². The first-order valence-corrected chi connectivity index (χ1v) is 8.40. The Hall–Kier alpha value is -1.10. The highest BCUT2D eigenvalue weighted by atomic mass is 32.2. The van der Waals surface area contributed by atoms with Crippen LogP contribution in [0, 0.1) is 5.92 Å². The van der Waals surface area contributed by atoms with Gasteiger partial charge in [-0.1, -0.05) is 11.3 Å². The first-order chi connectivity index (χ1) is 9.31. The minimum atomic E-state index is -3.73. The number of aromatic nitrogens is 2. The molecule has 1 aromatic rings. The third kappa shape index (κ3) is 2.32. The van der Waals surface area contributed by atoms with Crippen LogP contribution in [0.15, 0.2) is 4.34 Å². The van der Waals surface area contributed by atoms with Crippen molar-refractivity contribution >= 4 is 32.4 Å². The number of carbonyl (C=O) groups is 1. The molecule has 1 saturated carbocycles. The second-order valence-electron chi connectivity index (χ2n) is 5.21. The van der Waals surface area contributed by atoms with Crippen LogP contribution in [0.25, 0.3) is 0 Å². The quantitative estimate of drug-likeness (QED) is 0.733. The average Bonchev–Trinajstić information content (AvgIpc) is 3.05. The van der Waals surface area contributed by atoms with Crippen LogP contribution in [-0.2, 0) is 14.8 Å². The Labute approximate surface area is 119 Å². The summed E-state index contributed by atoms with van der Waals surface area (Å²) in [5.74, 6) is -0.115. The van der Waals surface area contributed by atoms with Crippen LogP contribution in [-0.4, -0.2) is 52.6 Å². The molecule has 0 radical (unpaired) electrons. The van der Waals surface area contributed by atoms with Gasteiger partial charge >= 0.3 is 0 Å². The highest BCUT2D eigenvalue weighted by Gasteiger charge is 2.55. The lowest BCUT2D eigenvalue weighted by Gasteiger charge is -2.45. The lowest BCUT2D eigenvalue weighted by atomic mass is 9.91. The maximum absolute atomic E-state index is 12.3. The van der Waals surface area contributed by atoms with Gasteiger partial charge in [-0.2, -0.15) is 4.31 Å². The SMILES string of the molecule is CC(=O)Nc1nnc(S(=O)(=O)N2CC(O)(C3CC3)C2)s1. The first-order valence-electron chi connectivity index (χ1n) is 6.15. The summed E-state index contributed by atoms with van der Waals surface area (Å²) in [5.41, 5.74) is -0.877. The highest BCUT2D eigenvalue weighted by molar-refractivity contribution is 7.91. The second kappa shape index (κ2) is 4.45. The third-order valence-electron chi connectivity index (χ3n) is 3.49. The molecule has 1 aliphatic heterocycles. The molecule has 0 atom stereocenters. The van der Waals surface area contributed by atoms with Crippen molar-refractivity contribution in [3.63, 3.8) is 0 Å². The molecule has 1 amide bonds. The molecule has 0 aromatic carbocycles. The number of sulfonamides is 1. The maximum Gasteiger partial charge on any atom is 0.272 e. The van der Waals surface area contributed by atoms with E-state index < -0.39 is 15.6 Å². The predicted octanol–water partition coefficient (Wildman–Crippen LogP) is -0.358. The second-order valence-corrected chi connectivity index (χ2v) is 8.29. The molecule has 1 saturated heterocycles. The van der Waals surface area contributed by atoms with Crippen molar-refractivity contribution in [1.29, 1.82) is 0 Å². The van der Waals surface area contributed by atoms with Crippen LogP contribution < -0.4 is 5.32 Å². The number of nitrogens with one attached hydrogen (secondary N) is 1. The molecule has 1 aromatic heterocycles. The molecule has 110 valence electrons. The largest absolute Gasteiger partial charge is 0.387 e. The number of aliphatic hydroxyl groups is 1. The van der Waals surface area contributed by atoms with E-state index in [9.17, 15) is 18.3 Å². The molecule has 2 fully saturated rings. The van der Waals surface area contributed by atoms with Gasteiger partial charge in [0.25, 0.3) is 10.0 Å². The summed E-state index contributed by atoms with van der Waals surface area (Å²) >= 11 is 0.804. The van der Waals surface area contributed by atoms with Crippen molar-refractivity contribution in [3.8, 4) is 0 Å². The van der Waals surface area contributed by atoms with Gasteiger partial charge in [-0.3, -0.25) is 4.79 Å². The summed E-state index contributed by atoms with van der Waals surface area (Å²) in [6, 6.07) is 0. The smallest absolute Gasteiger partial charge is 0.272 e. The van der Waals surface area contributed by atoms with E-state index in [0.29, 0.717) is 0 Å². The maximum atomic E-state index is 12.3. The number of anilines is 1. The lowest BCUT2D eigenvalue weighted by Crippen LogP contribution is -2.64. The van der Waals surface area contributed by atoms with Gasteiger partial charge in [0.05, 0.1) is 5.60 Å². The summed E-state index contributed by atoms with van der Waals surface area (Å²) in [6.45, 7) is 1.52. The van der Waals surface area contributed by atoms with Gasteiger partial charge in [0, 0.05) is 20.0 Å². The minimum absolute atomic E-state index is 0.106. The number of nitrogens with zero attached hydrogens (tertiary/aromatic N) is 3.